The van der Waals surface area contributed by atoms with Crippen LogP contribution in [0, 0.1) is 17.8 Å². The maximum atomic E-state index is 13.6. The topological polar surface area (TPSA) is 117 Å². The molecule has 1 aliphatic rings. The zero-order chi connectivity index (χ0) is 27.8. The lowest BCUT2D eigenvalue weighted by molar-refractivity contribution is -0.144. The molecule has 0 aromatic carbocycles. The average Bonchev–Trinajstić information content (AvgIpc) is 3.24. The molecule has 1 heterocycles. The van der Waals surface area contributed by atoms with Crippen molar-refractivity contribution in [1.82, 2.24) is 20.4 Å². The quantitative estimate of drug-likeness (QED) is 0.363. The van der Waals surface area contributed by atoms with Crippen LogP contribution in [0.25, 0.3) is 0 Å². The molecule has 1 aliphatic heterocycles. The molecule has 0 spiro atoms. The fraction of sp³-hybridized carbons (Fsp3) is 0.769. The van der Waals surface area contributed by atoms with Gasteiger partial charge in [-0.2, -0.15) is 0 Å². The third-order valence-corrected chi connectivity index (χ3v) is 5.82. The summed E-state index contributed by atoms with van der Waals surface area (Å²) in [5.41, 5.74) is -1.35. The molecule has 1 saturated heterocycles. The third kappa shape index (κ3) is 9.34. The highest BCUT2D eigenvalue weighted by molar-refractivity contribution is 5.94. The summed E-state index contributed by atoms with van der Waals surface area (Å²) in [7, 11) is 1.47. The Bertz CT molecular complexity index is 839. The number of carbonyl (C=O) groups is 4. The Balaban J connectivity index is 2.94. The number of rotatable bonds is 9. The van der Waals surface area contributed by atoms with E-state index >= 15 is 0 Å². The van der Waals surface area contributed by atoms with Gasteiger partial charge in [0.25, 0.3) is 0 Å². The molecule has 0 aliphatic carbocycles. The van der Waals surface area contributed by atoms with E-state index in [2.05, 4.69) is 16.6 Å². The first-order chi connectivity index (χ1) is 16.5. The van der Waals surface area contributed by atoms with Gasteiger partial charge in [0.1, 0.15) is 30.3 Å². The number of terminal acetylenes is 1. The normalized spacial score (nSPS) is 18.4. The summed E-state index contributed by atoms with van der Waals surface area (Å²) in [6.07, 6.45) is 5.74. The molecule has 0 aromatic rings. The predicted octanol–water partition coefficient (Wildman–Crippen LogP) is 1.92. The molecule has 4 amide bonds. The van der Waals surface area contributed by atoms with Crippen LogP contribution in [0.1, 0.15) is 68.2 Å². The van der Waals surface area contributed by atoms with Crippen molar-refractivity contribution >= 4 is 23.8 Å². The molecule has 1 fully saturated rings. The van der Waals surface area contributed by atoms with Gasteiger partial charge in [0, 0.05) is 19.6 Å². The molecule has 4 atom stereocenters. The molecule has 10 nitrogen and oxygen atoms in total. The average molecular weight is 509 g/mol. The van der Waals surface area contributed by atoms with Crippen LogP contribution in [0.15, 0.2) is 0 Å². The van der Waals surface area contributed by atoms with Crippen LogP contribution in [0.4, 0.5) is 4.79 Å². The van der Waals surface area contributed by atoms with Crippen LogP contribution < -0.4 is 10.6 Å². The third-order valence-electron chi connectivity index (χ3n) is 5.82. The Morgan fingerprint density at radius 3 is 2.25 bits per heavy atom. The van der Waals surface area contributed by atoms with E-state index in [0.29, 0.717) is 19.4 Å². The smallest absolute Gasteiger partial charge is 0.410 e. The van der Waals surface area contributed by atoms with Gasteiger partial charge in [0.05, 0.1) is 6.61 Å². The molecule has 204 valence electrons. The summed E-state index contributed by atoms with van der Waals surface area (Å²) in [4.78, 5) is 54.8. The second-order valence-corrected chi connectivity index (χ2v) is 11.4. The standard InChI is InChI=1S/C26H44N4O6/c1-11-15-35-16-17(2)27-22(32)19-13-12-14-30(19)23(33)20(25(4,5)6)28-21(31)18(3)29(10)24(34)36-26(7,8)9/h1,17-20H,12-16H2,2-10H3,(H,27,32)(H,28,31)/t17-,18-,19-,20+/m0/s1. The van der Waals surface area contributed by atoms with Gasteiger partial charge in [-0.3, -0.25) is 19.3 Å². The highest BCUT2D eigenvalue weighted by Gasteiger charge is 2.42. The van der Waals surface area contributed by atoms with E-state index in [4.69, 9.17) is 15.9 Å². The number of ether oxygens (including phenoxy) is 2. The highest BCUT2D eigenvalue weighted by atomic mass is 16.6. The Kier molecular flexibility index (Phi) is 11.2. The molecule has 0 aromatic heterocycles. The van der Waals surface area contributed by atoms with Crippen LogP contribution in [0.3, 0.4) is 0 Å². The highest BCUT2D eigenvalue weighted by Crippen LogP contribution is 2.26. The summed E-state index contributed by atoms with van der Waals surface area (Å²) in [5.74, 6) is 1.28. The Morgan fingerprint density at radius 2 is 1.72 bits per heavy atom. The lowest BCUT2D eigenvalue weighted by atomic mass is 9.85. The van der Waals surface area contributed by atoms with E-state index in [1.807, 2.05) is 20.8 Å². The van der Waals surface area contributed by atoms with Gasteiger partial charge in [-0.25, -0.2) is 4.79 Å². The molecular weight excluding hydrogens is 464 g/mol. The van der Waals surface area contributed by atoms with E-state index in [9.17, 15) is 19.2 Å². The van der Waals surface area contributed by atoms with Crippen molar-refractivity contribution in [2.45, 2.75) is 98.0 Å². The van der Waals surface area contributed by atoms with Gasteiger partial charge >= 0.3 is 6.09 Å². The van der Waals surface area contributed by atoms with Crippen molar-refractivity contribution in [2.75, 3.05) is 26.8 Å². The van der Waals surface area contributed by atoms with E-state index in [-0.39, 0.29) is 31.1 Å². The number of amides is 4. The van der Waals surface area contributed by atoms with Crippen molar-refractivity contribution < 1.29 is 28.7 Å². The number of hydrogen-bond acceptors (Lipinski definition) is 6. The zero-order valence-corrected chi connectivity index (χ0v) is 23.3. The maximum Gasteiger partial charge on any atom is 0.410 e. The summed E-state index contributed by atoms with van der Waals surface area (Å²) < 4.78 is 10.6. The van der Waals surface area contributed by atoms with Crippen molar-refractivity contribution in [3.63, 3.8) is 0 Å². The maximum absolute atomic E-state index is 13.6. The number of nitrogens with one attached hydrogen (secondary N) is 2. The van der Waals surface area contributed by atoms with Gasteiger partial charge in [-0.15, -0.1) is 6.42 Å². The van der Waals surface area contributed by atoms with Gasteiger partial charge < -0.3 is 25.0 Å². The number of likely N-dealkylation sites (tertiary alicyclic amines) is 1. The minimum atomic E-state index is -0.899. The molecule has 0 unspecified atom stereocenters. The van der Waals surface area contributed by atoms with Crippen LogP contribution in [0.5, 0.6) is 0 Å². The van der Waals surface area contributed by atoms with Crippen molar-refractivity contribution in [3.05, 3.63) is 0 Å². The molecule has 1 rings (SSSR count). The predicted molar refractivity (Wildman–Crippen MR) is 137 cm³/mol. The second kappa shape index (κ2) is 12.9. The summed E-state index contributed by atoms with van der Waals surface area (Å²) >= 11 is 0. The van der Waals surface area contributed by atoms with Crippen LogP contribution in [-0.2, 0) is 23.9 Å². The summed E-state index contributed by atoms with van der Waals surface area (Å²) in [6.45, 7) is 15.0. The first kappa shape index (κ1) is 31.2. The van der Waals surface area contributed by atoms with E-state index < -0.39 is 41.1 Å². The molecule has 0 radical (unpaired) electrons. The second-order valence-electron chi connectivity index (χ2n) is 11.4. The number of hydrogen-bond donors (Lipinski definition) is 2. The first-order valence-electron chi connectivity index (χ1n) is 12.4. The fourth-order valence-electron chi connectivity index (χ4n) is 3.72. The van der Waals surface area contributed by atoms with Crippen molar-refractivity contribution in [1.29, 1.82) is 0 Å². The zero-order valence-electron chi connectivity index (χ0n) is 23.3. The minimum absolute atomic E-state index is 0.156. The summed E-state index contributed by atoms with van der Waals surface area (Å²) in [6, 6.07) is -2.69. The van der Waals surface area contributed by atoms with Crippen LogP contribution >= 0.6 is 0 Å². The lowest BCUT2D eigenvalue weighted by Crippen LogP contribution is -2.60. The Morgan fingerprint density at radius 1 is 1.11 bits per heavy atom. The molecular formula is C26H44N4O6. The molecule has 10 heteroatoms. The summed E-state index contributed by atoms with van der Waals surface area (Å²) in [5, 5.41) is 5.69. The SMILES string of the molecule is C#CCOC[C@H](C)NC(=O)[C@@H]1CCCN1C(=O)[C@@H](NC(=O)[C@H](C)N(C)C(=O)OC(C)(C)C)C(C)(C)C. The number of nitrogens with zero attached hydrogens (tertiary/aromatic N) is 2. The lowest BCUT2D eigenvalue weighted by Gasteiger charge is -2.37. The van der Waals surface area contributed by atoms with E-state index in [0.717, 1.165) is 0 Å². The van der Waals surface area contributed by atoms with E-state index in [1.54, 1.807) is 34.6 Å². The number of likely N-dealkylation sites (N-methyl/N-ethyl adjacent to an activating group) is 1. The molecule has 36 heavy (non-hydrogen) atoms. The van der Waals surface area contributed by atoms with E-state index in [1.165, 1.54) is 16.8 Å². The Hall–Kier alpha value is -2.80. The first-order valence-corrected chi connectivity index (χ1v) is 12.4. The fourth-order valence-corrected chi connectivity index (χ4v) is 3.72. The Labute approximate surface area is 215 Å². The van der Waals surface area contributed by atoms with Gasteiger partial charge in [-0.05, 0) is 52.9 Å². The van der Waals surface area contributed by atoms with Crippen LogP contribution in [0.2, 0.25) is 0 Å². The van der Waals surface area contributed by atoms with Crippen LogP contribution in [-0.4, -0.2) is 90.2 Å². The molecule has 0 bridgehead atoms. The van der Waals surface area contributed by atoms with Crippen molar-refractivity contribution in [3.8, 4) is 12.3 Å². The molecule has 2 N–H and O–H groups in total. The monoisotopic (exact) mass is 508 g/mol. The van der Waals surface area contributed by atoms with Gasteiger partial charge in [0.2, 0.25) is 17.7 Å². The van der Waals surface area contributed by atoms with Crippen molar-refractivity contribution in [2.24, 2.45) is 5.41 Å². The minimum Gasteiger partial charge on any atom is -0.444 e. The largest absolute Gasteiger partial charge is 0.444 e. The number of carbonyl (C=O) groups excluding carboxylic acids is 4. The van der Waals surface area contributed by atoms with Gasteiger partial charge in [-0.1, -0.05) is 26.7 Å². The molecule has 0 saturated carbocycles. The van der Waals surface area contributed by atoms with Gasteiger partial charge in [0.15, 0.2) is 0 Å².